The van der Waals surface area contributed by atoms with Gasteiger partial charge in [-0.15, -0.1) is 0 Å². The third-order valence-electron chi connectivity index (χ3n) is 2.65. The molecule has 2 rings (SSSR count). The van der Waals surface area contributed by atoms with E-state index in [1.54, 1.807) is 0 Å². The van der Waals surface area contributed by atoms with Gasteiger partial charge in [0.05, 0.1) is 10.2 Å². The molecule has 0 aromatic carbocycles. The maximum absolute atomic E-state index is 11.1. The first-order valence-electron chi connectivity index (χ1n) is 5.07. The Hall–Kier alpha value is -0.290. The van der Waals surface area contributed by atoms with Gasteiger partial charge < -0.3 is 0 Å². The molecule has 1 aliphatic rings. The summed E-state index contributed by atoms with van der Waals surface area (Å²) in [5.74, 6) is 3.25. The van der Waals surface area contributed by atoms with E-state index in [-0.39, 0.29) is 5.56 Å². The van der Waals surface area contributed by atoms with Gasteiger partial charge in [-0.3, -0.25) is 4.79 Å². The number of hydrogen-bond donors (Lipinski definition) is 1. The quantitative estimate of drug-likeness (QED) is 0.908. The van der Waals surface area contributed by atoms with E-state index in [9.17, 15) is 4.79 Å². The van der Waals surface area contributed by atoms with Crippen molar-refractivity contribution in [2.75, 3.05) is 11.5 Å². The molecular formula is C10H13BrN2OS. The molecule has 1 fully saturated rings. The molecule has 0 bridgehead atoms. The fourth-order valence-electron chi connectivity index (χ4n) is 1.77. The van der Waals surface area contributed by atoms with Crippen molar-refractivity contribution in [2.45, 2.75) is 19.3 Å². The summed E-state index contributed by atoms with van der Waals surface area (Å²) in [6, 6.07) is 1.83. The van der Waals surface area contributed by atoms with Gasteiger partial charge in [0.25, 0.3) is 5.56 Å². The number of nitrogens with one attached hydrogen (secondary N) is 1. The largest absolute Gasteiger partial charge is 0.278 e. The number of nitrogens with zero attached hydrogens (tertiary/aromatic N) is 1. The maximum atomic E-state index is 11.1. The lowest BCUT2D eigenvalue weighted by molar-refractivity contribution is 0.479. The Balaban J connectivity index is 2.03. The summed E-state index contributed by atoms with van der Waals surface area (Å²) < 4.78 is 0.581. The summed E-state index contributed by atoms with van der Waals surface area (Å²) in [6.07, 6.45) is 3.52. The van der Waals surface area contributed by atoms with Crippen LogP contribution < -0.4 is 5.56 Å². The number of aromatic nitrogens is 2. The molecule has 0 unspecified atom stereocenters. The molecule has 1 saturated heterocycles. The second kappa shape index (κ2) is 5.16. The van der Waals surface area contributed by atoms with E-state index >= 15 is 0 Å². The molecule has 1 aromatic rings. The van der Waals surface area contributed by atoms with Crippen LogP contribution in [0.1, 0.15) is 18.5 Å². The highest BCUT2D eigenvalue weighted by atomic mass is 79.9. The van der Waals surface area contributed by atoms with Crippen LogP contribution in [0.25, 0.3) is 0 Å². The molecule has 0 amide bonds. The van der Waals surface area contributed by atoms with E-state index in [4.69, 9.17) is 0 Å². The van der Waals surface area contributed by atoms with Gasteiger partial charge in [-0.1, -0.05) is 0 Å². The first-order valence-corrected chi connectivity index (χ1v) is 7.02. The third kappa shape index (κ3) is 3.08. The lowest BCUT2D eigenvalue weighted by Gasteiger charge is -2.20. The van der Waals surface area contributed by atoms with E-state index in [0.717, 1.165) is 18.0 Å². The molecule has 0 spiro atoms. The molecule has 0 radical (unpaired) electrons. The average Bonchev–Trinajstić information content (AvgIpc) is 2.25. The van der Waals surface area contributed by atoms with Crippen LogP contribution in [0.4, 0.5) is 0 Å². The van der Waals surface area contributed by atoms with Crippen LogP contribution >= 0.6 is 27.7 Å². The molecule has 3 nitrogen and oxygen atoms in total. The molecule has 0 saturated carbocycles. The van der Waals surface area contributed by atoms with Gasteiger partial charge in [0.15, 0.2) is 0 Å². The van der Waals surface area contributed by atoms with Crippen molar-refractivity contribution in [1.29, 1.82) is 0 Å². The summed E-state index contributed by atoms with van der Waals surface area (Å²) in [6.45, 7) is 0. The number of H-pyrrole nitrogens is 1. The highest BCUT2D eigenvalue weighted by Gasteiger charge is 2.15. The molecule has 1 aromatic heterocycles. The Bertz CT molecular complexity index is 387. The predicted molar refractivity (Wildman–Crippen MR) is 66.3 cm³/mol. The summed E-state index contributed by atoms with van der Waals surface area (Å²) in [5, 5.41) is 6.56. The zero-order valence-electron chi connectivity index (χ0n) is 8.33. The highest BCUT2D eigenvalue weighted by molar-refractivity contribution is 9.10. The van der Waals surface area contributed by atoms with Crippen LogP contribution in [-0.2, 0) is 6.42 Å². The topological polar surface area (TPSA) is 45.8 Å². The number of thioether (sulfide) groups is 1. The summed E-state index contributed by atoms with van der Waals surface area (Å²) in [7, 11) is 0. The number of aromatic amines is 1. The predicted octanol–water partition coefficient (Wildman–Crippen LogP) is 2.22. The van der Waals surface area contributed by atoms with Crippen molar-refractivity contribution in [1.82, 2.24) is 10.2 Å². The fraction of sp³-hybridized carbons (Fsp3) is 0.600. The number of rotatable bonds is 2. The third-order valence-corrected chi connectivity index (χ3v) is 4.29. The molecular weight excluding hydrogens is 276 g/mol. The van der Waals surface area contributed by atoms with Crippen LogP contribution in [0.15, 0.2) is 15.3 Å². The van der Waals surface area contributed by atoms with Crippen molar-refractivity contribution in [2.24, 2.45) is 5.92 Å². The summed E-state index contributed by atoms with van der Waals surface area (Å²) in [4.78, 5) is 11.1. The standard InChI is InChI=1S/C10H13BrN2OS/c11-9-6-8(12-13-10(9)14)5-7-1-3-15-4-2-7/h6-7H,1-5H2,(H,13,14). The Morgan fingerprint density at radius 2 is 2.27 bits per heavy atom. The SMILES string of the molecule is O=c1[nH]nc(CC2CCSCC2)cc1Br. The monoisotopic (exact) mass is 288 g/mol. The van der Waals surface area contributed by atoms with E-state index < -0.39 is 0 Å². The Kier molecular flexibility index (Phi) is 3.86. The first kappa shape index (κ1) is 11.2. The highest BCUT2D eigenvalue weighted by Crippen LogP contribution is 2.25. The Morgan fingerprint density at radius 3 is 2.93 bits per heavy atom. The van der Waals surface area contributed by atoms with Crippen molar-refractivity contribution in [3.63, 3.8) is 0 Å². The molecule has 1 N–H and O–H groups in total. The molecule has 5 heteroatoms. The summed E-state index contributed by atoms with van der Waals surface area (Å²) >= 11 is 5.25. The zero-order chi connectivity index (χ0) is 10.7. The van der Waals surface area contributed by atoms with Crippen LogP contribution in [0.3, 0.4) is 0 Å². The van der Waals surface area contributed by atoms with Crippen molar-refractivity contribution < 1.29 is 0 Å². The van der Waals surface area contributed by atoms with Crippen LogP contribution in [0.2, 0.25) is 0 Å². The molecule has 1 aliphatic heterocycles. The minimum absolute atomic E-state index is 0.155. The van der Waals surface area contributed by atoms with Crippen molar-refractivity contribution in [3.8, 4) is 0 Å². The van der Waals surface area contributed by atoms with Crippen molar-refractivity contribution in [3.05, 3.63) is 26.6 Å². The van der Waals surface area contributed by atoms with Crippen LogP contribution in [0, 0.1) is 5.92 Å². The lowest BCUT2D eigenvalue weighted by atomic mass is 9.97. The number of hydrogen-bond acceptors (Lipinski definition) is 3. The summed E-state index contributed by atoms with van der Waals surface area (Å²) in [5.41, 5.74) is 0.830. The lowest BCUT2D eigenvalue weighted by Crippen LogP contribution is -2.16. The van der Waals surface area contributed by atoms with E-state index in [0.29, 0.717) is 4.47 Å². The van der Waals surface area contributed by atoms with Gasteiger partial charge in [0.1, 0.15) is 0 Å². The Morgan fingerprint density at radius 1 is 1.53 bits per heavy atom. The van der Waals surface area contributed by atoms with Gasteiger partial charge in [-0.05, 0) is 58.7 Å². The second-order valence-corrected chi connectivity index (χ2v) is 5.88. The molecule has 0 atom stereocenters. The molecule has 0 aliphatic carbocycles. The second-order valence-electron chi connectivity index (χ2n) is 3.80. The minimum Gasteiger partial charge on any atom is -0.267 e. The van der Waals surface area contributed by atoms with Gasteiger partial charge in [-0.2, -0.15) is 16.9 Å². The fourth-order valence-corrected chi connectivity index (χ4v) is 3.33. The van der Waals surface area contributed by atoms with Crippen LogP contribution in [-0.4, -0.2) is 21.7 Å². The van der Waals surface area contributed by atoms with Gasteiger partial charge >= 0.3 is 0 Å². The molecule has 2 heterocycles. The van der Waals surface area contributed by atoms with Gasteiger partial charge in [0, 0.05) is 0 Å². The maximum Gasteiger partial charge on any atom is 0.278 e. The normalized spacial score (nSPS) is 17.9. The van der Waals surface area contributed by atoms with Gasteiger partial charge in [-0.25, -0.2) is 5.10 Å². The smallest absolute Gasteiger partial charge is 0.267 e. The number of halogens is 1. The average molecular weight is 289 g/mol. The van der Waals surface area contributed by atoms with E-state index in [1.165, 1.54) is 24.3 Å². The van der Waals surface area contributed by atoms with Crippen molar-refractivity contribution >= 4 is 27.7 Å². The first-order chi connectivity index (χ1) is 7.25. The molecule has 82 valence electrons. The van der Waals surface area contributed by atoms with Gasteiger partial charge in [0.2, 0.25) is 0 Å². The van der Waals surface area contributed by atoms with E-state index in [1.807, 2.05) is 17.8 Å². The minimum atomic E-state index is -0.155. The zero-order valence-corrected chi connectivity index (χ0v) is 10.7. The Labute approximate surface area is 101 Å². The molecule has 15 heavy (non-hydrogen) atoms. The van der Waals surface area contributed by atoms with Crippen LogP contribution in [0.5, 0.6) is 0 Å². The van der Waals surface area contributed by atoms with E-state index in [2.05, 4.69) is 26.1 Å².